The SMILES string of the molecule is CCCCCCOc1ccc(Nc2ccc(Br)cc2)cc1. The Labute approximate surface area is 135 Å². The summed E-state index contributed by atoms with van der Waals surface area (Å²) < 4.78 is 6.82. The predicted molar refractivity (Wildman–Crippen MR) is 93.5 cm³/mol. The maximum atomic E-state index is 5.74. The van der Waals surface area contributed by atoms with Gasteiger partial charge < -0.3 is 10.1 Å². The predicted octanol–water partition coefficient (Wildman–Crippen LogP) is 6.15. The fourth-order valence-corrected chi connectivity index (χ4v) is 2.32. The lowest BCUT2D eigenvalue weighted by Crippen LogP contribution is -1.97. The lowest BCUT2D eigenvalue weighted by molar-refractivity contribution is 0.305. The zero-order chi connectivity index (χ0) is 14.9. The van der Waals surface area contributed by atoms with Gasteiger partial charge in [0.05, 0.1) is 6.61 Å². The monoisotopic (exact) mass is 347 g/mol. The summed E-state index contributed by atoms with van der Waals surface area (Å²) in [6.45, 7) is 3.03. The van der Waals surface area contributed by atoms with Crippen molar-refractivity contribution in [2.75, 3.05) is 11.9 Å². The average molecular weight is 348 g/mol. The molecule has 0 heterocycles. The third kappa shape index (κ3) is 5.80. The third-order valence-corrected chi connectivity index (χ3v) is 3.78. The molecule has 21 heavy (non-hydrogen) atoms. The van der Waals surface area contributed by atoms with E-state index in [-0.39, 0.29) is 0 Å². The van der Waals surface area contributed by atoms with Crippen molar-refractivity contribution in [1.82, 2.24) is 0 Å². The Morgan fingerprint density at radius 2 is 1.48 bits per heavy atom. The Kier molecular flexibility index (Phi) is 6.61. The van der Waals surface area contributed by atoms with Crippen LogP contribution in [0.1, 0.15) is 32.6 Å². The van der Waals surface area contributed by atoms with Crippen LogP contribution in [0.2, 0.25) is 0 Å². The molecule has 0 spiro atoms. The van der Waals surface area contributed by atoms with Crippen molar-refractivity contribution in [3.8, 4) is 5.75 Å². The van der Waals surface area contributed by atoms with Crippen LogP contribution in [0.25, 0.3) is 0 Å². The van der Waals surface area contributed by atoms with Gasteiger partial charge in [0.15, 0.2) is 0 Å². The molecule has 3 heteroatoms. The molecule has 2 aromatic carbocycles. The molecule has 2 nitrogen and oxygen atoms in total. The van der Waals surface area contributed by atoms with Crippen molar-refractivity contribution in [3.05, 3.63) is 53.0 Å². The number of anilines is 2. The average Bonchev–Trinajstić information content (AvgIpc) is 2.51. The van der Waals surface area contributed by atoms with Crippen LogP contribution in [-0.2, 0) is 0 Å². The normalized spacial score (nSPS) is 10.4. The quantitative estimate of drug-likeness (QED) is 0.578. The van der Waals surface area contributed by atoms with Crippen molar-refractivity contribution in [1.29, 1.82) is 0 Å². The van der Waals surface area contributed by atoms with Crippen LogP contribution in [-0.4, -0.2) is 6.61 Å². The van der Waals surface area contributed by atoms with E-state index in [1.54, 1.807) is 0 Å². The summed E-state index contributed by atoms with van der Waals surface area (Å²) in [6, 6.07) is 16.3. The standard InChI is InChI=1S/C18H22BrNO/c1-2-3-4-5-14-21-18-12-10-17(11-13-18)20-16-8-6-15(19)7-9-16/h6-13,20H,2-5,14H2,1H3. The smallest absolute Gasteiger partial charge is 0.119 e. The van der Waals surface area contributed by atoms with E-state index in [2.05, 4.69) is 28.2 Å². The number of hydrogen-bond acceptors (Lipinski definition) is 2. The first-order valence-electron chi connectivity index (χ1n) is 7.53. The Morgan fingerprint density at radius 3 is 2.10 bits per heavy atom. The summed E-state index contributed by atoms with van der Waals surface area (Å²) in [5, 5.41) is 3.37. The fraction of sp³-hybridized carbons (Fsp3) is 0.333. The molecule has 0 bridgehead atoms. The Bertz CT molecular complexity index is 522. The van der Waals surface area contributed by atoms with Gasteiger partial charge in [0, 0.05) is 15.8 Å². The Balaban J connectivity index is 1.80. The van der Waals surface area contributed by atoms with Gasteiger partial charge in [-0.05, 0) is 55.0 Å². The van der Waals surface area contributed by atoms with Crippen molar-refractivity contribution in [2.45, 2.75) is 32.6 Å². The third-order valence-electron chi connectivity index (χ3n) is 3.25. The van der Waals surface area contributed by atoms with Gasteiger partial charge in [-0.2, -0.15) is 0 Å². The summed E-state index contributed by atoms with van der Waals surface area (Å²) in [5.74, 6) is 0.938. The highest BCUT2D eigenvalue weighted by Crippen LogP contribution is 2.21. The molecular formula is C18H22BrNO. The van der Waals surface area contributed by atoms with Gasteiger partial charge in [-0.25, -0.2) is 0 Å². The van der Waals surface area contributed by atoms with Crippen LogP contribution in [0.15, 0.2) is 53.0 Å². The molecule has 0 saturated heterocycles. The molecule has 0 saturated carbocycles. The van der Waals surface area contributed by atoms with E-state index in [4.69, 9.17) is 4.74 Å². The fourth-order valence-electron chi connectivity index (χ4n) is 2.05. The molecule has 0 fully saturated rings. The maximum absolute atomic E-state index is 5.74. The largest absolute Gasteiger partial charge is 0.494 e. The molecule has 0 atom stereocenters. The number of ether oxygens (including phenoxy) is 1. The highest BCUT2D eigenvalue weighted by Gasteiger charge is 1.97. The van der Waals surface area contributed by atoms with Crippen LogP contribution in [0.4, 0.5) is 11.4 Å². The molecule has 1 N–H and O–H groups in total. The summed E-state index contributed by atoms with van der Waals surface area (Å²) in [7, 11) is 0. The minimum absolute atomic E-state index is 0.805. The first-order valence-corrected chi connectivity index (χ1v) is 8.32. The molecule has 0 radical (unpaired) electrons. The summed E-state index contributed by atoms with van der Waals surface area (Å²) in [4.78, 5) is 0. The highest BCUT2D eigenvalue weighted by molar-refractivity contribution is 9.10. The number of rotatable bonds is 8. The number of halogens is 1. The molecule has 0 amide bonds. The van der Waals surface area contributed by atoms with E-state index >= 15 is 0 Å². The van der Waals surface area contributed by atoms with Gasteiger partial charge in [0.25, 0.3) is 0 Å². The summed E-state index contributed by atoms with van der Waals surface area (Å²) in [6.07, 6.45) is 4.93. The maximum Gasteiger partial charge on any atom is 0.119 e. The van der Waals surface area contributed by atoms with Gasteiger partial charge in [-0.15, -0.1) is 0 Å². The number of benzene rings is 2. The van der Waals surface area contributed by atoms with Gasteiger partial charge >= 0.3 is 0 Å². The first kappa shape index (κ1) is 15.9. The zero-order valence-electron chi connectivity index (χ0n) is 12.4. The molecule has 2 aromatic rings. The van der Waals surface area contributed by atoms with Gasteiger partial charge in [-0.1, -0.05) is 42.1 Å². The lowest BCUT2D eigenvalue weighted by atomic mass is 10.2. The van der Waals surface area contributed by atoms with Crippen LogP contribution in [0.5, 0.6) is 5.75 Å². The Morgan fingerprint density at radius 1 is 0.857 bits per heavy atom. The highest BCUT2D eigenvalue weighted by atomic mass is 79.9. The van der Waals surface area contributed by atoms with E-state index in [1.807, 2.05) is 48.5 Å². The van der Waals surface area contributed by atoms with Crippen LogP contribution in [0, 0.1) is 0 Å². The van der Waals surface area contributed by atoms with E-state index in [0.717, 1.165) is 34.6 Å². The molecule has 0 unspecified atom stereocenters. The minimum Gasteiger partial charge on any atom is -0.494 e. The molecule has 0 aliphatic heterocycles. The second-order valence-electron chi connectivity index (χ2n) is 5.07. The number of hydrogen-bond donors (Lipinski definition) is 1. The van der Waals surface area contributed by atoms with E-state index in [1.165, 1.54) is 19.3 Å². The van der Waals surface area contributed by atoms with E-state index in [0.29, 0.717) is 0 Å². The van der Waals surface area contributed by atoms with Gasteiger partial charge in [-0.3, -0.25) is 0 Å². The second kappa shape index (κ2) is 8.73. The van der Waals surface area contributed by atoms with Crippen LogP contribution < -0.4 is 10.1 Å². The Hall–Kier alpha value is -1.48. The van der Waals surface area contributed by atoms with E-state index < -0.39 is 0 Å². The van der Waals surface area contributed by atoms with E-state index in [9.17, 15) is 0 Å². The molecule has 0 aliphatic carbocycles. The van der Waals surface area contributed by atoms with Crippen molar-refractivity contribution < 1.29 is 4.74 Å². The molecular weight excluding hydrogens is 326 g/mol. The number of unbranched alkanes of at least 4 members (excludes halogenated alkanes) is 3. The minimum atomic E-state index is 0.805. The zero-order valence-corrected chi connectivity index (χ0v) is 14.0. The van der Waals surface area contributed by atoms with Crippen molar-refractivity contribution in [3.63, 3.8) is 0 Å². The lowest BCUT2D eigenvalue weighted by Gasteiger charge is -2.09. The molecule has 112 valence electrons. The van der Waals surface area contributed by atoms with Crippen molar-refractivity contribution in [2.24, 2.45) is 0 Å². The summed E-state index contributed by atoms with van der Waals surface area (Å²) >= 11 is 3.44. The number of nitrogens with one attached hydrogen (secondary N) is 1. The molecule has 2 rings (SSSR count). The van der Waals surface area contributed by atoms with Gasteiger partial charge in [0.2, 0.25) is 0 Å². The first-order chi connectivity index (χ1) is 10.3. The molecule has 0 aromatic heterocycles. The van der Waals surface area contributed by atoms with Crippen molar-refractivity contribution >= 4 is 27.3 Å². The topological polar surface area (TPSA) is 21.3 Å². The second-order valence-corrected chi connectivity index (χ2v) is 5.98. The molecule has 0 aliphatic rings. The van der Waals surface area contributed by atoms with Crippen LogP contribution in [0.3, 0.4) is 0 Å². The van der Waals surface area contributed by atoms with Crippen LogP contribution >= 0.6 is 15.9 Å². The summed E-state index contributed by atoms with van der Waals surface area (Å²) in [5.41, 5.74) is 2.14. The van der Waals surface area contributed by atoms with Gasteiger partial charge in [0.1, 0.15) is 5.75 Å².